The van der Waals surface area contributed by atoms with Crippen LogP contribution in [0.1, 0.15) is 32.3 Å². The van der Waals surface area contributed by atoms with Crippen LogP contribution in [0.5, 0.6) is 0 Å². The molecule has 0 fully saturated rings. The minimum Gasteiger partial charge on any atom is -0.244 e. The van der Waals surface area contributed by atoms with Crippen LogP contribution >= 0.6 is 0 Å². The summed E-state index contributed by atoms with van der Waals surface area (Å²) in [6.07, 6.45) is 6.52. The molecule has 0 saturated carbocycles. The summed E-state index contributed by atoms with van der Waals surface area (Å²) in [5.74, 6) is 0. The van der Waals surface area contributed by atoms with E-state index in [1.165, 1.54) is 27.1 Å². The summed E-state index contributed by atoms with van der Waals surface area (Å²) in [4.78, 5) is 9.94. The molecule has 0 atom stereocenters. The van der Waals surface area contributed by atoms with Crippen LogP contribution < -0.4 is 10.7 Å². The standard InChI is InChI=1S/C21H16N2.C2H6/c1-13-10-11-16-17(12-13)14-6-2-3-7-15(14)20-21(16)23-19-9-5-4-8-18(19)22-20;1-2/h2-3,6-12H,4-5H2,1H3;1-2H3. The van der Waals surface area contributed by atoms with Crippen molar-refractivity contribution in [1.82, 2.24) is 9.97 Å². The molecule has 0 N–H and O–H groups in total. The van der Waals surface area contributed by atoms with Crippen molar-refractivity contribution in [2.75, 3.05) is 0 Å². The summed E-state index contributed by atoms with van der Waals surface area (Å²) < 4.78 is 0. The van der Waals surface area contributed by atoms with E-state index in [1.54, 1.807) is 0 Å². The highest BCUT2D eigenvalue weighted by Crippen LogP contribution is 2.32. The highest BCUT2D eigenvalue weighted by Gasteiger charge is 2.11. The van der Waals surface area contributed by atoms with Gasteiger partial charge in [-0.2, -0.15) is 0 Å². The fourth-order valence-electron chi connectivity index (χ4n) is 3.59. The van der Waals surface area contributed by atoms with Crippen molar-refractivity contribution in [1.29, 1.82) is 0 Å². The Morgan fingerprint density at radius 2 is 1.24 bits per heavy atom. The van der Waals surface area contributed by atoms with Gasteiger partial charge in [-0.3, -0.25) is 0 Å². The summed E-state index contributed by atoms with van der Waals surface area (Å²) in [7, 11) is 0. The van der Waals surface area contributed by atoms with Gasteiger partial charge in [0.15, 0.2) is 0 Å². The first-order valence-electron chi connectivity index (χ1n) is 9.10. The molecule has 1 aliphatic carbocycles. The van der Waals surface area contributed by atoms with Crippen molar-refractivity contribution < 1.29 is 0 Å². The summed E-state index contributed by atoms with van der Waals surface area (Å²) >= 11 is 0. The molecular weight excluding hydrogens is 304 g/mol. The fraction of sp³-hybridized carbons (Fsp3) is 0.217. The molecule has 1 aromatic heterocycles. The number of nitrogens with zero attached hydrogens (tertiary/aromatic N) is 2. The van der Waals surface area contributed by atoms with E-state index in [4.69, 9.17) is 9.97 Å². The van der Waals surface area contributed by atoms with E-state index in [1.807, 2.05) is 13.8 Å². The van der Waals surface area contributed by atoms with Crippen molar-refractivity contribution in [3.05, 3.63) is 58.7 Å². The lowest BCUT2D eigenvalue weighted by molar-refractivity contribution is 1.05. The Balaban J connectivity index is 0.000000758. The predicted octanol–water partition coefficient (Wildman–Crippen LogP) is 4.63. The molecule has 4 aromatic rings. The average molecular weight is 326 g/mol. The minimum atomic E-state index is 1.02. The van der Waals surface area contributed by atoms with Gasteiger partial charge < -0.3 is 0 Å². The third-order valence-corrected chi connectivity index (χ3v) is 4.70. The molecule has 0 radical (unpaired) electrons. The normalized spacial score (nSPS) is 12.9. The molecule has 2 heteroatoms. The van der Waals surface area contributed by atoms with E-state index >= 15 is 0 Å². The number of aromatic nitrogens is 2. The molecular formula is C23H22N2. The Hall–Kier alpha value is -2.74. The van der Waals surface area contributed by atoms with Crippen molar-refractivity contribution in [2.45, 2.75) is 33.6 Å². The molecule has 0 saturated heterocycles. The Kier molecular flexibility index (Phi) is 3.96. The summed E-state index contributed by atoms with van der Waals surface area (Å²) in [6, 6.07) is 15.1. The second-order valence-corrected chi connectivity index (χ2v) is 6.27. The molecule has 0 spiro atoms. The maximum absolute atomic E-state index is 4.97. The van der Waals surface area contributed by atoms with Crippen LogP contribution in [0.4, 0.5) is 0 Å². The molecule has 1 aliphatic rings. The fourth-order valence-corrected chi connectivity index (χ4v) is 3.59. The van der Waals surface area contributed by atoms with Crippen molar-refractivity contribution >= 4 is 44.7 Å². The van der Waals surface area contributed by atoms with Gasteiger partial charge in [-0.05, 0) is 30.5 Å². The topological polar surface area (TPSA) is 25.8 Å². The van der Waals surface area contributed by atoms with Gasteiger partial charge in [0.25, 0.3) is 0 Å². The quantitative estimate of drug-likeness (QED) is 0.440. The summed E-state index contributed by atoms with van der Waals surface area (Å²) in [5.41, 5.74) is 3.30. The number of benzene rings is 3. The average Bonchev–Trinajstić information content (AvgIpc) is 2.68. The number of hydrogen-bond donors (Lipinski definition) is 0. The van der Waals surface area contributed by atoms with Crippen LogP contribution in [0.3, 0.4) is 0 Å². The zero-order valence-corrected chi connectivity index (χ0v) is 15.0. The molecule has 2 nitrogen and oxygen atoms in total. The zero-order chi connectivity index (χ0) is 17.4. The molecule has 25 heavy (non-hydrogen) atoms. The zero-order valence-electron chi connectivity index (χ0n) is 15.0. The van der Waals surface area contributed by atoms with E-state index in [0.29, 0.717) is 0 Å². The maximum Gasteiger partial charge on any atom is 0.0979 e. The van der Waals surface area contributed by atoms with Crippen LogP contribution in [-0.4, -0.2) is 9.97 Å². The van der Waals surface area contributed by atoms with Gasteiger partial charge >= 0.3 is 0 Å². The van der Waals surface area contributed by atoms with E-state index < -0.39 is 0 Å². The molecule has 3 aromatic carbocycles. The van der Waals surface area contributed by atoms with Crippen molar-refractivity contribution in [3.8, 4) is 0 Å². The Bertz CT molecular complexity index is 1220. The second kappa shape index (κ2) is 6.29. The van der Waals surface area contributed by atoms with Crippen LogP contribution in [0.15, 0.2) is 42.5 Å². The number of hydrogen-bond acceptors (Lipinski definition) is 2. The Morgan fingerprint density at radius 1 is 0.680 bits per heavy atom. The van der Waals surface area contributed by atoms with E-state index in [-0.39, 0.29) is 0 Å². The third-order valence-electron chi connectivity index (χ3n) is 4.70. The summed E-state index contributed by atoms with van der Waals surface area (Å²) in [6.45, 7) is 6.14. The molecule has 0 bridgehead atoms. The highest BCUT2D eigenvalue weighted by atomic mass is 14.8. The predicted molar refractivity (Wildman–Crippen MR) is 108 cm³/mol. The summed E-state index contributed by atoms with van der Waals surface area (Å²) in [5, 5.41) is 6.96. The van der Waals surface area contributed by atoms with E-state index in [0.717, 1.165) is 34.6 Å². The van der Waals surface area contributed by atoms with Crippen molar-refractivity contribution in [3.63, 3.8) is 0 Å². The van der Waals surface area contributed by atoms with Crippen LogP contribution in [0.25, 0.3) is 44.7 Å². The molecule has 0 amide bonds. The molecule has 1 heterocycles. The number of fused-ring (bicyclic) bond motifs is 7. The highest BCUT2D eigenvalue weighted by molar-refractivity contribution is 6.23. The van der Waals surface area contributed by atoms with Gasteiger partial charge in [0.05, 0.1) is 21.7 Å². The van der Waals surface area contributed by atoms with Crippen LogP contribution in [0, 0.1) is 6.92 Å². The Morgan fingerprint density at radius 3 is 1.88 bits per heavy atom. The lowest BCUT2D eigenvalue weighted by atomic mass is 9.98. The molecule has 124 valence electrons. The van der Waals surface area contributed by atoms with Gasteiger partial charge in [0, 0.05) is 10.8 Å². The van der Waals surface area contributed by atoms with Gasteiger partial charge in [0.1, 0.15) is 0 Å². The largest absolute Gasteiger partial charge is 0.244 e. The van der Waals surface area contributed by atoms with Crippen LogP contribution in [0.2, 0.25) is 0 Å². The van der Waals surface area contributed by atoms with Crippen LogP contribution in [-0.2, 0) is 0 Å². The minimum absolute atomic E-state index is 1.02. The van der Waals surface area contributed by atoms with E-state index in [9.17, 15) is 0 Å². The number of rotatable bonds is 0. The first-order valence-corrected chi connectivity index (χ1v) is 9.10. The van der Waals surface area contributed by atoms with Gasteiger partial charge in [0.2, 0.25) is 0 Å². The van der Waals surface area contributed by atoms with Gasteiger partial charge in [-0.25, -0.2) is 9.97 Å². The van der Waals surface area contributed by atoms with Crippen molar-refractivity contribution in [2.24, 2.45) is 0 Å². The lowest BCUT2D eigenvalue weighted by Gasteiger charge is -2.10. The second-order valence-electron chi connectivity index (χ2n) is 6.27. The molecule has 0 aliphatic heterocycles. The third kappa shape index (κ3) is 2.49. The first-order chi connectivity index (χ1) is 12.3. The smallest absolute Gasteiger partial charge is 0.0979 e. The maximum atomic E-state index is 4.97. The van der Waals surface area contributed by atoms with Gasteiger partial charge in [-0.15, -0.1) is 0 Å². The molecule has 0 unspecified atom stereocenters. The molecule has 5 rings (SSSR count). The Labute approximate surface area is 147 Å². The lowest BCUT2D eigenvalue weighted by Crippen LogP contribution is -2.33. The first kappa shape index (κ1) is 15.8. The van der Waals surface area contributed by atoms with E-state index in [2.05, 4.69) is 61.5 Å². The number of aryl methyl sites for hydroxylation is 1. The monoisotopic (exact) mass is 326 g/mol. The van der Waals surface area contributed by atoms with Gasteiger partial charge in [-0.1, -0.05) is 74.0 Å². The SMILES string of the molecule is CC.Cc1ccc2c(c1)c1ccccc1c1nc3c(nc21)=CCCC=3.